The second-order valence-corrected chi connectivity index (χ2v) is 4.81. The topological polar surface area (TPSA) is 87.1 Å². The van der Waals surface area contributed by atoms with Crippen LogP contribution in [-0.4, -0.2) is 46.2 Å². The van der Waals surface area contributed by atoms with Crippen LogP contribution < -0.4 is 4.74 Å². The van der Waals surface area contributed by atoms with Gasteiger partial charge in [-0.1, -0.05) is 12.1 Å². The van der Waals surface area contributed by atoms with Crippen LogP contribution in [0.4, 0.5) is 0 Å². The monoisotopic (exact) mass is 279 g/mol. The largest absolute Gasteiger partial charge is 0.497 e. The molecule has 1 aromatic carbocycles. The van der Waals surface area contributed by atoms with E-state index in [2.05, 4.69) is 0 Å². The first-order valence-corrected chi connectivity index (χ1v) is 6.33. The van der Waals surface area contributed by atoms with E-state index >= 15 is 0 Å². The van der Waals surface area contributed by atoms with Gasteiger partial charge in [-0.25, -0.2) is 0 Å². The molecular weight excluding hydrogens is 262 g/mol. The Morgan fingerprint density at radius 3 is 2.60 bits per heavy atom. The summed E-state index contributed by atoms with van der Waals surface area (Å²) in [5.41, 5.74) is 0.864. The maximum absolute atomic E-state index is 11.9. The van der Waals surface area contributed by atoms with Crippen molar-refractivity contribution in [3.8, 4) is 5.75 Å². The van der Waals surface area contributed by atoms with Gasteiger partial charge in [0.2, 0.25) is 5.91 Å². The van der Waals surface area contributed by atoms with E-state index < -0.39 is 18.1 Å². The highest BCUT2D eigenvalue weighted by Crippen LogP contribution is 2.25. The summed E-state index contributed by atoms with van der Waals surface area (Å²) in [5.74, 6) is -0.535. The van der Waals surface area contributed by atoms with Crippen LogP contribution in [0, 0.1) is 0 Å². The number of benzene rings is 1. The van der Waals surface area contributed by atoms with E-state index in [1.54, 1.807) is 19.2 Å². The molecule has 1 amide bonds. The van der Waals surface area contributed by atoms with E-state index in [9.17, 15) is 14.7 Å². The number of rotatable bonds is 5. The molecule has 2 N–H and O–H groups in total. The lowest BCUT2D eigenvalue weighted by atomic mass is 10.1. The number of aliphatic hydroxyl groups excluding tert-OH is 1. The third-order valence-electron chi connectivity index (χ3n) is 3.44. The molecule has 0 aromatic heterocycles. The second kappa shape index (κ2) is 5.92. The first-order valence-electron chi connectivity index (χ1n) is 6.33. The van der Waals surface area contributed by atoms with Gasteiger partial charge in [0.15, 0.2) is 0 Å². The number of carbonyl (C=O) groups excluding carboxylic acids is 1. The Labute approximate surface area is 116 Å². The molecule has 0 saturated carbocycles. The molecule has 1 saturated heterocycles. The molecule has 108 valence electrons. The Morgan fingerprint density at radius 1 is 1.40 bits per heavy atom. The maximum atomic E-state index is 11.9. The molecule has 0 radical (unpaired) electrons. The van der Waals surface area contributed by atoms with Crippen molar-refractivity contribution in [1.29, 1.82) is 0 Å². The number of methoxy groups -OCH3 is 1. The number of ether oxygens (including phenoxy) is 1. The predicted molar refractivity (Wildman–Crippen MR) is 70.2 cm³/mol. The van der Waals surface area contributed by atoms with Crippen molar-refractivity contribution in [2.45, 2.75) is 31.5 Å². The molecule has 6 nitrogen and oxygen atoms in total. The van der Waals surface area contributed by atoms with Crippen LogP contribution in [0.5, 0.6) is 5.75 Å². The normalized spacial score (nSPS) is 22.1. The van der Waals surface area contributed by atoms with Gasteiger partial charge in [-0.15, -0.1) is 0 Å². The summed E-state index contributed by atoms with van der Waals surface area (Å²) in [6, 6.07) is 6.52. The van der Waals surface area contributed by atoms with Gasteiger partial charge in [-0.3, -0.25) is 9.59 Å². The first-order chi connectivity index (χ1) is 9.51. The maximum Gasteiger partial charge on any atom is 0.305 e. The minimum absolute atomic E-state index is 0.0197. The molecule has 0 spiro atoms. The summed E-state index contributed by atoms with van der Waals surface area (Å²) in [6.07, 6.45) is -1.19. The smallest absolute Gasteiger partial charge is 0.305 e. The zero-order chi connectivity index (χ0) is 14.7. The number of likely N-dealkylation sites (tertiary alicyclic amines) is 1. The lowest BCUT2D eigenvalue weighted by molar-refractivity contribution is -0.139. The van der Waals surface area contributed by atoms with Crippen molar-refractivity contribution in [2.75, 3.05) is 7.11 Å². The molecule has 0 bridgehead atoms. The summed E-state index contributed by atoms with van der Waals surface area (Å²) < 4.78 is 5.05. The number of carbonyl (C=O) groups is 2. The molecule has 1 aliphatic heterocycles. The summed E-state index contributed by atoms with van der Waals surface area (Å²) in [4.78, 5) is 24.1. The Balaban J connectivity index is 2.11. The van der Waals surface area contributed by atoms with Crippen molar-refractivity contribution in [3.05, 3.63) is 29.8 Å². The number of hydrogen-bond acceptors (Lipinski definition) is 4. The van der Waals surface area contributed by atoms with E-state index in [4.69, 9.17) is 9.84 Å². The molecule has 2 rings (SSSR count). The third kappa shape index (κ3) is 3.08. The molecule has 2 atom stereocenters. The van der Waals surface area contributed by atoms with Crippen molar-refractivity contribution < 1.29 is 24.5 Å². The third-order valence-corrected chi connectivity index (χ3v) is 3.44. The number of aliphatic hydroxyl groups is 1. The molecule has 20 heavy (non-hydrogen) atoms. The van der Waals surface area contributed by atoms with Gasteiger partial charge in [0, 0.05) is 6.54 Å². The minimum atomic E-state index is -1.02. The Morgan fingerprint density at radius 2 is 2.05 bits per heavy atom. The first kappa shape index (κ1) is 14.3. The van der Waals surface area contributed by atoms with Gasteiger partial charge in [0.05, 0.1) is 32.1 Å². The number of nitrogens with zero attached hydrogens (tertiary/aromatic N) is 1. The Kier molecular flexibility index (Phi) is 4.24. The average molecular weight is 279 g/mol. The van der Waals surface area contributed by atoms with E-state index in [1.807, 2.05) is 12.1 Å². The van der Waals surface area contributed by atoms with Crippen molar-refractivity contribution >= 4 is 11.9 Å². The zero-order valence-corrected chi connectivity index (χ0v) is 11.2. The van der Waals surface area contributed by atoms with Gasteiger partial charge >= 0.3 is 5.97 Å². The number of carboxylic acids is 1. The molecule has 6 heteroatoms. The molecular formula is C14H17NO5. The molecule has 1 aliphatic rings. The standard InChI is InChI=1S/C14H17NO5/c1-20-10-4-2-9(3-5-10)8-15-11(6-14(18)19)12(16)7-13(15)17/h2-5,11-12,16H,6-8H2,1H3,(H,18,19)/t11-,12+/m1/s1. The Hall–Kier alpha value is -2.08. The fourth-order valence-electron chi connectivity index (χ4n) is 2.38. The number of hydrogen-bond donors (Lipinski definition) is 2. The minimum Gasteiger partial charge on any atom is -0.497 e. The van der Waals surface area contributed by atoms with Crippen molar-refractivity contribution in [3.63, 3.8) is 0 Å². The SMILES string of the molecule is COc1ccc(CN2C(=O)C[C@H](O)[C@H]2CC(=O)O)cc1. The Bertz CT molecular complexity index is 499. The van der Waals surface area contributed by atoms with Crippen molar-refractivity contribution in [2.24, 2.45) is 0 Å². The highest BCUT2D eigenvalue weighted by molar-refractivity contribution is 5.81. The van der Waals surface area contributed by atoms with Gasteiger partial charge in [-0.2, -0.15) is 0 Å². The lowest BCUT2D eigenvalue weighted by Gasteiger charge is -2.25. The summed E-state index contributed by atoms with van der Waals surface area (Å²) in [6.45, 7) is 0.290. The highest BCUT2D eigenvalue weighted by Gasteiger charge is 2.39. The average Bonchev–Trinajstić information content (AvgIpc) is 2.66. The lowest BCUT2D eigenvalue weighted by Crippen LogP contribution is -2.38. The van der Waals surface area contributed by atoms with E-state index in [0.717, 1.165) is 5.56 Å². The van der Waals surface area contributed by atoms with Gasteiger partial charge in [-0.05, 0) is 17.7 Å². The fraction of sp³-hybridized carbons (Fsp3) is 0.429. The van der Waals surface area contributed by atoms with E-state index in [-0.39, 0.29) is 25.3 Å². The van der Waals surface area contributed by atoms with Crippen LogP contribution in [0.25, 0.3) is 0 Å². The van der Waals surface area contributed by atoms with Gasteiger partial charge < -0.3 is 19.8 Å². The van der Waals surface area contributed by atoms with Crippen LogP contribution in [0.1, 0.15) is 18.4 Å². The van der Waals surface area contributed by atoms with Crippen LogP contribution >= 0.6 is 0 Å². The molecule has 1 fully saturated rings. The predicted octanol–water partition coefficient (Wildman–Crippen LogP) is 0.632. The molecule has 1 heterocycles. The van der Waals surface area contributed by atoms with Crippen LogP contribution in [0.3, 0.4) is 0 Å². The van der Waals surface area contributed by atoms with Crippen LogP contribution in [-0.2, 0) is 16.1 Å². The van der Waals surface area contributed by atoms with Gasteiger partial charge in [0.25, 0.3) is 0 Å². The number of carboxylic acid groups (broad SMARTS) is 1. The fourth-order valence-corrected chi connectivity index (χ4v) is 2.38. The van der Waals surface area contributed by atoms with Crippen LogP contribution in [0.2, 0.25) is 0 Å². The van der Waals surface area contributed by atoms with Crippen molar-refractivity contribution in [1.82, 2.24) is 4.90 Å². The molecule has 0 unspecified atom stereocenters. The summed E-state index contributed by atoms with van der Waals surface area (Å²) >= 11 is 0. The highest BCUT2D eigenvalue weighted by atomic mass is 16.5. The number of aliphatic carboxylic acids is 1. The summed E-state index contributed by atoms with van der Waals surface area (Å²) in [5, 5.41) is 18.7. The second-order valence-electron chi connectivity index (χ2n) is 4.81. The van der Waals surface area contributed by atoms with Crippen LogP contribution in [0.15, 0.2) is 24.3 Å². The quantitative estimate of drug-likeness (QED) is 0.825. The molecule has 1 aromatic rings. The zero-order valence-electron chi connectivity index (χ0n) is 11.2. The van der Waals surface area contributed by atoms with E-state index in [0.29, 0.717) is 5.75 Å². The molecule has 0 aliphatic carbocycles. The van der Waals surface area contributed by atoms with Gasteiger partial charge in [0.1, 0.15) is 5.75 Å². The summed E-state index contributed by atoms with van der Waals surface area (Å²) in [7, 11) is 1.57. The van der Waals surface area contributed by atoms with E-state index in [1.165, 1.54) is 4.90 Å². The number of amides is 1.